The Morgan fingerprint density at radius 1 is 0.952 bits per heavy atom. The molecule has 3 rings (SSSR count). The number of carboxylic acids is 1. The van der Waals surface area contributed by atoms with Crippen molar-refractivity contribution in [1.29, 1.82) is 0 Å². The number of nitrogens with one attached hydrogen (secondary N) is 1. The second-order valence-corrected chi connectivity index (χ2v) is 7.29. The van der Waals surface area contributed by atoms with E-state index in [9.17, 15) is 9.59 Å². The lowest BCUT2D eigenvalue weighted by atomic mass is 9.68. The molecule has 0 bridgehead atoms. The molecule has 1 heterocycles. The maximum absolute atomic E-state index is 12.2. The number of aliphatic carboxylic acids is 1. The Kier molecular flexibility index (Phi) is 3.84. The van der Waals surface area contributed by atoms with Gasteiger partial charge in [0.25, 0.3) is 0 Å². The van der Waals surface area contributed by atoms with E-state index in [1.807, 2.05) is 4.90 Å². The summed E-state index contributed by atoms with van der Waals surface area (Å²) in [5, 5.41) is 12.0. The molecule has 2 saturated carbocycles. The van der Waals surface area contributed by atoms with E-state index < -0.39 is 11.4 Å². The second kappa shape index (κ2) is 5.50. The van der Waals surface area contributed by atoms with E-state index in [1.165, 1.54) is 32.1 Å². The van der Waals surface area contributed by atoms with Crippen molar-refractivity contribution in [1.82, 2.24) is 10.2 Å². The van der Waals surface area contributed by atoms with Crippen molar-refractivity contribution in [3.8, 4) is 0 Å². The van der Waals surface area contributed by atoms with Crippen LogP contribution in [-0.4, -0.2) is 41.6 Å². The zero-order chi connectivity index (χ0) is 14.9. The predicted octanol–water partition coefficient (Wildman–Crippen LogP) is 2.61. The van der Waals surface area contributed by atoms with Crippen molar-refractivity contribution in [2.24, 2.45) is 10.8 Å². The predicted molar refractivity (Wildman–Crippen MR) is 79.0 cm³/mol. The molecule has 2 aliphatic carbocycles. The summed E-state index contributed by atoms with van der Waals surface area (Å²) in [7, 11) is 0. The summed E-state index contributed by atoms with van der Waals surface area (Å²) in [5.41, 5.74) is -0.177. The van der Waals surface area contributed by atoms with Crippen LogP contribution in [0.3, 0.4) is 0 Å². The fourth-order valence-electron chi connectivity index (χ4n) is 3.96. The largest absolute Gasteiger partial charge is 0.481 e. The summed E-state index contributed by atoms with van der Waals surface area (Å²) in [5.74, 6) is -0.775. The summed E-state index contributed by atoms with van der Waals surface area (Å²) in [6.07, 6.45) is 10.3. The summed E-state index contributed by atoms with van der Waals surface area (Å²) >= 11 is 0. The molecule has 2 N–H and O–H groups in total. The molecule has 3 aliphatic rings. The van der Waals surface area contributed by atoms with Gasteiger partial charge in [-0.2, -0.15) is 0 Å². The first-order valence-corrected chi connectivity index (χ1v) is 8.32. The number of amides is 2. The van der Waals surface area contributed by atoms with Crippen LogP contribution in [0.4, 0.5) is 4.79 Å². The molecule has 2 amide bonds. The monoisotopic (exact) mass is 294 g/mol. The minimum absolute atomic E-state index is 0.0758. The lowest BCUT2D eigenvalue weighted by Crippen LogP contribution is -2.49. The molecule has 0 unspecified atom stereocenters. The van der Waals surface area contributed by atoms with Crippen LogP contribution >= 0.6 is 0 Å². The molecule has 1 aliphatic heterocycles. The quantitative estimate of drug-likeness (QED) is 0.840. The molecule has 0 aromatic carbocycles. The van der Waals surface area contributed by atoms with Crippen molar-refractivity contribution in [3.05, 3.63) is 0 Å². The average Bonchev–Trinajstić information content (AvgIpc) is 3.28. The molecule has 5 heteroatoms. The molecule has 0 aromatic heterocycles. The lowest BCUT2D eigenvalue weighted by molar-refractivity contribution is -0.143. The number of carboxylic acid groups (broad SMARTS) is 1. The van der Waals surface area contributed by atoms with Gasteiger partial charge < -0.3 is 15.3 Å². The van der Waals surface area contributed by atoms with Gasteiger partial charge in [0.1, 0.15) is 0 Å². The standard InChI is InChI=1S/C16H26N2O3/c19-13(20)16(6-7-16)12-17-14(21)18-10-8-15(9-11-18)4-2-1-3-5-15/h1-12H2,(H,17,21)(H,19,20). The molecule has 3 fully saturated rings. The van der Waals surface area contributed by atoms with Gasteiger partial charge in [0, 0.05) is 19.6 Å². The zero-order valence-corrected chi connectivity index (χ0v) is 12.7. The zero-order valence-electron chi connectivity index (χ0n) is 12.7. The van der Waals surface area contributed by atoms with Gasteiger partial charge in [0.05, 0.1) is 5.41 Å². The molecule has 0 atom stereocenters. The van der Waals surface area contributed by atoms with Gasteiger partial charge in [0.15, 0.2) is 0 Å². The molecular formula is C16H26N2O3. The van der Waals surface area contributed by atoms with Gasteiger partial charge in [-0.15, -0.1) is 0 Å². The number of rotatable bonds is 3. The first kappa shape index (κ1) is 14.7. The number of carbonyl (C=O) groups is 2. The van der Waals surface area contributed by atoms with Crippen LogP contribution < -0.4 is 5.32 Å². The highest BCUT2D eigenvalue weighted by Gasteiger charge is 2.50. The Morgan fingerprint density at radius 3 is 2.10 bits per heavy atom. The summed E-state index contributed by atoms with van der Waals surface area (Å²) in [4.78, 5) is 25.2. The van der Waals surface area contributed by atoms with Crippen LogP contribution in [0.1, 0.15) is 57.8 Å². The highest BCUT2D eigenvalue weighted by atomic mass is 16.4. The third kappa shape index (κ3) is 3.01. The fraction of sp³-hybridized carbons (Fsp3) is 0.875. The van der Waals surface area contributed by atoms with Crippen molar-refractivity contribution in [2.75, 3.05) is 19.6 Å². The number of nitrogens with zero attached hydrogens (tertiary/aromatic N) is 1. The van der Waals surface area contributed by atoms with Crippen molar-refractivity contribution in [2.45, 2.75) is 57.8 Å². The number of urea groups is 1. The minimum atomic E-state index is -0.775. The van der Waals surface area contributed by atoms with Crippen LogP contribution in [0.15, 0.2) is 0 Å². The molecule has 118 valence electrons. The first-order chi connectivity index (χ1) is 10.1. The highest BCUT2D eigenvalue weighted by Crippen LogP contribution is 2.46. The Labute approximate surface area is 126 Å². The Balaban J connectivity index is 1.46. The average molecular weight is 294 g/mol. The van der Waals surface area contributed by atoms with E-state index in [4.69, 9.17) is 5.11 Å². The van der Waals surface area contributed by atoms with Gasteiger partial charge in [-0.3, -0.25) is 4.79 Å². The van der Waals surface area contributed by atoms with Gasteiger partial charge >= 0.3 is 12.0 Å². The fourth-order valence-corrected chi connectivity index (χ4v) is 3.96. The van der Waals surface area contributed by atoms with Gasteiger partial charge in [-0.25, -0.2) is 4.79 Å². The maximum atomic E-state index is 12.2. The molecule has 0 aromatic rings. The summed E-state index contributed by atoms with van der Waals surface area (Å²) in [6, 6.07) is -0.0758. The van der Waals surface area contributed by atoms with Crippen molar-refractivity contribution in [3.63, 3.8) is 0 Å². The van der Waals surface area contributed by atoms with Crippen LogP contribution in [0.5, 0.6) is 0 Å². The molecule has 1 spiro atoms. The number of piperidine rings is 1. The Bertz CT molecular complexity index is 415. The topological polar surface area (TPSA) is 69.6 Å². The smallest absolute Gasteiger partial charge is 0.317 e. The highest BCUT2D eigenvalue weighted by molar-refractivity contribution is 5.80. The van der Waals surface area contributed by atoms with E-state index >= 15 is 0 Å². The molecule has 21 heavy (non-hydrogen) atoms. The van der Waals surface area contributed by atoms with Crippen molar-refractivity contribution >= 4 is 12.0 Å². The van der Waals surface area contributed by atoms with Crippen LogP contribution in [-0.2, 0) is 4.79 Å². The Morgan fingerprint density at radius 2 is 1.57 bits per heavy atom. The van der Waals surface area contributed by atoms with Crippen molar-refractivity contribution < 1.29 is 14.7 Å². The van der Waals surface area contributed by atoms with E-state index in [0.29, 0.717) is 18.3 Å². The number of hydrogen-bond donors (Lipinski definition) is 2. The molecule has 1 saturated heterocycles. The third-order valence-electron chi connectivity index (χ3n) is 5.91. The third-order valence-corrected chi connectivity index (χ3v) is 5.91. The first-order valence-electron chi connectivity index (χ1n) is 8.32. The van der Waals surface area contributed by atoms with E-state index in [2.05, 4.69) is 5.32 Å². The van der Waals surface area contributed by atoms with Gasteiger partial charge in [0.2, 0.25) is 0 Å². The molecular weight excluding hydrogens is 268 g/mol. The van der Waals surface area contributed by atoms with E-state index in [-0.39, 0.29) is 12.6 Å². The van der Waals surface area contributed by atoms with Crippen LogP contribution in [0, 0.1) is 10.8 Å². The number of likely N-dealkylation sites (tertiary alicyclic amines) is 1. The molecule has 0 radical (unpaired) electrons. The van der Waals surface area contributed by atoms with Gasteiger partial charge in [-0.1, -0.05) is 19.3 Å². The minimum Gasteiger partial charge on any atom is -0.481 e. The summed E-state index contributed by atoms with van der Waals surface area (Å²) in [6.45, 7) is 1.93. The maximum Gasteiger partial charge on any atom is 0.317 e. The summed E-state index contributed by atoms with van der Waals surface area (Å²) < 4.78 is 0. The van der Waals surface area contributed by atoms with Crippen LogP contribution in [0.25, 0.3) is 0 Å². The normalized spacial score (nSPS) is 26.4. The Hall–Kier alpha value is -1.26. The molecule has 5 nitrogen and oxygen atoms in total. The van der Waals surface area contributed by atoms with Gasteiger partial charge in [-0.05, 0) is 43.9 Å². The second-order valence-electron chi connectivity index (χ2n) is 7.29. The number of hydrogen-bond acceptors (Lipinski definition) is 2. The SMILES string of the molecule is O=C(NCC1(C(=O)O)CC1)N1CCC2(CCCCC2)CC1. The van der Waals surface area contributed by atoms with E-state index in [0.717, 1.165) is 25.9 Å². The van der Waals surface area contributed by atoms with E-state index in [1.54, 1.807) is 0 Å². The lowest BCUT2D eigenvalue weighted by Gasteiger charge is -2.44. The van der Waals surface area contributed by atoms with Crippen LogP contribution in [0.2, 0.25) is 0 Å². The number of carbonyl (C=O) groups excluding carboxylic acids is 1.